The SMILES string of the molecule is Cc1cc2c(cnn2C)nc1C. The summed E-state index contributed by atoms with van der Waals surface area (Å²) < 4.78 is 1.84. The molecule has 0 aliphatic carbocycles. The lowest BCUT2D eigenvalue weighted by molar-refractivity contribution is 0.796. The van der Waals surface area contributed by atoms with E-state index in [1.807, 2.05) is 18.7 Å². The molecule has 0 aliphatic heterocycles. The molecule has 3 nitrogen and oxygen atoms in total. The van der Waals surface area contributed by atoms with Crippen LogP contribution in [0.4, 0.5) is 0 Å². The summed E-state index contributed by atoms with van der Waals surface area (Å²) in [6.07, 6.45) is 1.79. The maximum atomic E-state index is 4.41. The van der Waals surface area contributed by atoms with E-state index in [1.165, 1.54) is 5.56 Å². The average Bonchev–Trinajstić information content (AvgIpc) is 2.35. The van der Waals surface area contributed by atoms with Crippen molar-refractivity contribution in [2.75, 3.05) is 0 Å². The Hall–Kier alpha value is -1.38. The number of pyridine rings is 1. The first kappa shape index (κ1) is 7.28. The summed E-state index contributed by atoms with van der Waals surface area (Å²) in [4.78, 5) is 4.41. The third-order valence-electron chi connectivity index (χ3n) is 2.18. The molecule has 0 fully saturated rings. The molecule has 0 N–H and O–H groups in total. The van der Waals surface area contributed by atoms with E-state index in [2.05, 4.69) is 23.1 Å². The molecule has 2 heterocycles. The van der Waals surface area contributed by atoms with Gasteiger partial charge >= 0.3 is 0 Å². The molecule has 0 saturated heterocycles. The molecule has 2 aromatic heterocycles. The first-order valence-corrected chi connectivity index (χ1v) is 3.94. The monoisotopic (exact) mass is 161 g/mol. The van der Waals surface area contributed by atoms with E-state index in [-0.39, 0.29) is 0 Å². The van der Waals surface area contributed by atoms with Crippen LogP contribution in [0.1, 0.15) is 11.3 Å². The largest absolute Gasteiger partial charge is 0.266 e. The van der Waals surface area contributed by atoms with Crippen molar-refractivity contribution >= 4 is 11.0 Å². The highest BCUT2D eigenvalue weighted by Crippen LogP contribution is 2.13. The number of fused-ring (bicyclic) bond motifs is 1. The van der Waals surface area contributed by atoms with Crippen LogP contribution in [0.5, 0.6) is 0 Å². The van der Waals surface area contributed by atoms with Gasteiger partial charge in [-0.3, -0.25) is 4.68 Å². The molecule has 2 rings (SSSR count). The molecule has 0 aromatic carbocycles. The van der Waals surface area contributed by atoms with Crippen molar-refractivity contribution in [1.29, 1.82) is 0 Å². The van der Waals surface area contributed by atoms with E-state index < -0.39 is 0 Å². The molecule has 0 unspecified atom stereocenters. The maximum absolute atomic E-state index is 4.41. The van der Waals surface area contributed by atoms with Crippen LogP contribution in [0, 0.1) is 13.8 Å². The second-order valence-electron chi connectivity index (χ2n) is 3.06. The van der Waals surface area contributed by atoms with E-state index in [1.54, 1.807) is 6.20 Å². The van der Waals surface area contributed by atoms with Gasteiger partial charge in [0, 0.05) is 12.7 Å². The van der Waals surface area contributed by atoms with Crippen LogP contribution in [0.15, 0.2) is 12.3 Å². The number of rotatable bonds is 0. The average molecular weight is 161 g/mol. The summed E-state index contributed by atoms with van der Waals surface area (Å²) >= 11 is 0. The van der Waals surface area contributed by atoms with E-state index >= 15 is 0 Å². The van der Waals surface area contributed by atoms with Crippen LogP contribution in [-0.4, -0.2) is 14.8 Å². The Labute approximate surface area is 71.0 Å². The minimum atomic E-state index is 0.973. The van der Waals surface area contributed by atoms with E-state index in [0.717, 1.165) is 16.7 Å². The molecule has 2 aromatic rings. The molecule has 62 valence electrons. The first-order valence-electron chi connectivity index (χ1n) is 3.94. The van der Waals surface area contributed by atoms with Gasteiger partial charge in [0.1, 0.15) is 5.52 Å². The quantitative estimate of drug-likeness (QED) is 0.587. The topological polar surface area (TPSA) is 30.7 Å². The fraction of sp³-hybridized carbons (Fsp3) is 0.333. The molecular weight excluding hydrogens is 150 g/mol. The third kappa shape index (κ3) is 0.897. The van der Waals surface area contributed by atoms with Gasteiger partial charge in [0.15, 0.2) is 0 Å². The molecule has 3 heteroatoms. The zero-order valence-electron chi connectivity index (χ0n) is 7.50. The Morgan fingerprint density at radius 1 is 1.33 bits per heavy atom. The van der Waals surface area contributed by atoms with Gasteiger partial charge in [-0.2, -0.15) is 5.10 Å². The van der Waals surface area contributed by atoms with Gasteiger partial charge < -0.3 is 0 Å². The minimum Gasteiger partial charge on any atom is -0.266 e. The van der Waals surface area contributed by atoms with Crippen LogP contribution in [0.3, 0.4) is 0 Å². The van der Waals surface area contributed by atoms with Crippen molar-refractivity contribution in [3.8, 4) is 0 Å². The molecule has 0 spiro atoms. The van der Waals surface area contributed by atoms with Crippen molar-refractivity contribution < 1.29 is 0 Å². The van der Waals surface area contributed by atoms with Gasteiger partial charge in [0.05, 0.1) is 11.7 Å². The standard InChI is InChI=1S/C9H11N3/c1-6-4-9-8(11-7(6)2)5-10-12(9)3/h4-5H,1-3H3. The lowest BCUT2D eigenvalue weighted by Crippen LogP contribution is -1.91. The van der Waals surface area contributed by atoms with Crippen LogP contribution in [-0.2, 0) is 7.05 Å². The molecular formula is C9H11N3. The van der Waals surface area contributed by atoms with Gasteiger partial charge in [-0.05, 0) is 25.5 Å². The first-order chi connectivity index (χ1) is 5.68. The minimum absolute atomic E-state index is 0.973. The lowest BCUT2D eigenvalue weighted by atomic mass is 10.2. The van der Waals surface area contributed by atoms with Crippen LogP contribution in [0.2, 0.25) is 0 Å². The van der Waals surface area contributed by atoms with Crippen molar-refractivity contribution in [1.82, 2.24) is 14.8 Å². The second-order valence-corrected chi connectivity index (χ2v) is 3.06. The molecule has 0 saturated carbocycles. The Balaban J connectivity index is 2.87. The number of aryl methyl sites for hydroxylation is 3. The van der Waals surface area contributed by atoms with Crippen molar-refractivity contribution in [3.05, 3.63) is 23.5 Å². The normalized spacial score (nSPS) is 10.9. The Morgan fingerprint density at radius 2 is 2.08 bits per heavy atom. The lowest BCUT2D eigenvalue weighted by Gasteiger charge is -1.99. The summed E-state index contributed by atoms with van der Waals surface area (Å²) in [5, 5.41) is 4.13. The third-order valence-corrected chi connectivity index (χ3v) is 2.18. The number of hydrogen-bond donors (Lipinski definition) is 0. The van der Waals surface area contributed by atoms with Crippen LogP contribution < -0.4 is 0 Å². The second kappa shape index (κ2) is 2.30. The predicted octanol–water partition coefficient (Wildman–Crippen LogP) is 1.59. The highest BCUT2D eigenvalue weighted by atomic mass is 15.3. The van der Waals surface area contributed by atoms with E-state index in [0.29, 0.717) is 0 Å². The van der Waals surface area contributed by atoms with Crippen molar-refractivity contribution in [2.24, 2.45) is 7.05 Å². The number of hydrogen-bond acceptors (Lipinski definition) is 2. The summed E-state index contributed by atoms with van der Waals surface area (Å²) in [5.41, 5.74) is 4.36. The number of nitrogens with zero attached hydrogens (tertiary/aromatic N) is 3. The Morgan fingerprint density at radius 3 is 2.83 bits per heavy atom. The Bertz CT molecular complexity index is 429. The van der Waals surface area contributed by atoms with Gasteiger partial charge in [-0.15, -0.1) is 0 Å². The van der Waals surface area contributed by atoms with E-state index in [9.17, 15) is 0 Å². The van der Waals surface area contributed by atoms with Gasteiger partial charge in [0.25, 0.3) is 0 Å². The predicted molar refractivity (Wildman–Crippen MR) is 48.0 cm³/mol. The molecule has 0 aliphatic rings. The molecule has 0 atom stereocenters. The molecule has 0 amide bonds. The number of aromatic nitrogens is 3. The fourth-order valence-electron chi connectivity index (χ4n) is 1.27. The van der Waals surface area contributed by atoms with Gasteiger partial charge in [-0.1, -0.05) is 0 Å². The van der Waals surface area contributed by atoms with Crippen molar-refractivity contribution in [3.63, 3.8) is 0 Å². The smallest absolute Gasteiger partial charge is 0.109 e. The fourth-order valence-corrected chi connectivity index (χ4v) is 1.27. The maximum Gasteiger partial charge on any atom is 0.109 e. The zero-order valence-corrected chi connectivity index (χ0v) is 7.50. The van der Waals surface area contributed by atoms with Crippen LogP contribution >= 0.6 is 0 Å². The van der Waals surface area contributed by atoms with Crippen molar-refractivity contribution in [2.45, 2.75) is 13.8 Å². The summed E-state index contributed by atoms with van der Waals surface area (Å²) in [7, 11) is 1.93. The Kier molecular flexibility index (Phi) is 1.40. The summed E-state index contributed by atoms with van der Waals surface area (Å²) in [6, 6.07) is 2.12. The molecule has 0 bridgehead atoms. The van der Waals surface area contributed by atoms with E-state index in [4.69, 9.17) is 0 Å². The van der Waals surface area contributed by atoms with Gasteiger partial charge in [0.2, 0.25) is 0 Å². The molecule has 12 heavy (non-hydrogen) atoms. The highest BCUT2D eigenvalue weighted by molar-refractivity contribution is 5.74. The van der Waals surface area contributed by atoms with Gasteiger partial charge in [-0.25, -0.2) is 4.98 Å². The highest BCUT2D eigenvalue weighted by Gasteiger charge is 2.02. The summed E-state index contributed by atoms with van der Waals surface area (Å²) in [6.45, 7) is 4.08. The summed E-state index contributed by atoms with van der Waals surface area (Å²) in [5.74, 6) is 0. The molecule has 0 radical (unpaired) electrons. The zero-order chi connectivity index (χ0) is 8.72. The van der Waals surface area contributed by atoms with Crippen LogP contribution in [0.25, 0.3) is 11.0 Å².